The molecular formula is C19H28N2O4. The highest BCUT2D eigenvalue weighted by Gasteiger charge is 2.47. The van der Waals surface area contributed by atoms with Gasteiger partial charge in [-0.25, -0.2) is 0 Å². The van der Waals surface area contributed by atoms with Gasteiger partial charge in [-0.1, -0.05) is 13.8 Å². The number of aliphatic carboxylic acids is 1. The molecule has 3 rings (SSSR count). The molecule has 1 aliphatic heterocycles. The Morgan fingerprint density at radius 2 is 1.96 bits per heavy atom. The summed E-state index contributed by atoms with van der Waals surface area (Å²) in [4.78, 5) is 28.4. The molecule has 1 amide bonds. The van der Waals surface area contributed by atoms with Crippen molar-refractivity contribution < 1.29 is 19.1 Å². The van der Waals surface area contributed by atoms with Crippen LogP contribution in [0.25, 0.3) is 0 Å². The first-order chi connectivity index (χ1) is 11.9. The van der Waals surface area contributed by atoms with Crippen LogP contribution in [0.4, 0.5) is 0 Å². The van der Waals surface area contributed by atoms with Crippen molar-refractivity contribution in [3.05, 3.63) is 23.2 Å². The minimum atomic E-state index is -0.779. The minimum absolute atomic E-state index is 0.0959. The van der Waals surface area contributed by atoms with Gasteiger partial charge in [-0.15, -0.1) is 0 Å². The molecular weight excluding hydrogens is 320 g/mol. The maximum Gasteiger partial charge on any atom is 0.308 e. The number of nitrogens with zero attached hydrogens (tertiary/aromatic N) is 2. The van der Waals surface area contributed by atoms with Crippen molar-refractivity contribution in [1.82, 2.24) is 9.80 Å². The van der Waals surface area contributed by atoms with Crippen molar-refractivity contribution in [2.75, 3.05) is 26.2 Å². The van der Waals surface area contributed by atoms with Gasteiger partial charge in [0.05, 0.1) is 18.0 Å². The Bertz CT molecular complexity index is 646. The fourth-order valence-corrected chi connectivity index (χ4v) is 3.93. The molecule has 1 aliphatic carbocycles. The van der Waals surface area contributed by atoms with Crippen molar-refractivity contribution >= 4 is 11.9 Å². The van der Waals surface area contributed by atoms with E-state index in [0.717, 1.165) is 31.7 Å². The zero-order valence-electron chi connectivity index (χ0n) is 15.3. The lowest BCUT2D eigenvalue weighted by molar-refractivity contribution is -0.142. The molecule has 1 saturated heterocycles. The van der Waals surface area contributed by atoms with Gasteiger partial charge in [0.2, 0.25) is 0 Å². The maximum atomic E-state index is 12.9. The maximum absolute atomic E-state index is 12.9. The molecule has 0 bridgehead atoms. The molecule has 6 heteroatoms. The Morgan fingerprint density at radius 1 is 1.28 bits per heavy atom. The Labute approximate surface area is 148 Å². The van der Waals surface area contributed by atoms with Gasteiger partial charge in [-0.05, 0) is 50.8 Å². The first-order valence-corrected chi connectivity index (χ1v) is 9.28. The number of hydrogen-bond acceptors (Lipinski definition) is 4. The fraction of sp³-hybridized carbons (Fsp3) is 0.684. The molecule has 1 aromatic heterocycles. The van der Waals surface area contributed by atoms with Crippen molar-refractivity contribution in [2.45, 2.75) is 40.2 Å². The highest BCUT2D eigenvalue weighted by Crippen LogP contribution is 2.44. The van der Waals surface area contributed by atoms with Gasteiger partial charge in [0.1, 0.15) is 11.5 Å². The second-order valence-corrected chi connectivity index (χ2v) is 7.30. The molecule has 2 aliphatic rings. The van der Waals surface area contributed by atoms with E-state index in [9.17, 15) is 14.7 Å². The molecule has 25 heavy (non-hydrogen) atoms. The van der Waals surface area contributed by atoms with Gasteiger partial charge in [0, 0.05) is 13.1 Å². The van der Waals surface area contributed by atoms with Gasteiger partial charge in [-0.3, -0.25) is 14.5 Å². The largest absolute Gasteiger partial charge is 0.481 e. The smallest absolute Gasteiger partial charge is 0.308 e. The first-order valence-electron chi connectivity index (χ1n) is 9.28. The van der Waals surface area contributed by atoms with E-state index in [-0.39, 0.29) is 11.8 Å². The van der Waals surface area contributed by atoms with Crippen molar-refractivity contribution in [3.8, 4) is 0 Å². The second-order valence-electron chi connectivity index (χ2n) is 7.30. The quantitative estimate of drug-likeness (QED) is 0.820. The number of aryl methyl sites for hydroxylation is 1. The summed E-state index contributed by atoms with van der Waals surface area (Å²) in [5, 5.41) is 9.48. The lowest BCUT2D eigenvalue weighted by atomic mass is 9.92. The summed E-state index contributed by atoms with van der Waals surface area (Å²) >= 11 is 0. The normalized spacial score (nSPS) is 23.4. The fourth-order valence-electron chi connectivity index (χ4n) is 3.93. The summed E-state index contributed by atoms with van der Waals surface area (Å²) in [6.07, 6.45) is 2.18. The zero-order valence-corrected chi connectivity index (χ0v) is 15.3. The topological polar surface area (TPSA) is 74.0 Å². The summed E-state index contributed by atoms with van der Waals surface area (Å²) in [5.41, 5.74) is 0.572. The van der Waals surface area contributed by atoms with Crippen molar-refractivity contribution in [1.29, 1.82) is 0 Å². The molecule has 0 radical (unpaired) electrons. The van der Waals surface area contributed by atoms with E-state index in [4.69, 9.17) is 4.42 Å². The van der Waals surface area contributed by atoms with Crippen LogP contribution in [-0.2, 0) is 11.3 Å². The van der Waals surface area contributed by atoms with Gasteiger partial charge in [-0.2, -0.15) is 0 Å². The third-order valence-corrected chi connectivity index (χ3v) is 5.67. The van der Waals surface area contributed by atoms with Crippen molar-refractivity contribution in [2.24, 2.45) is 17.8 Å². The SMILES string of the molecule is CCN(CC)Cc1cc(C(=O)N2C[C@H](C(=O)O)[C@@H](C3CC3)C2)c(C)o1. The molecule has 0 spiro atoms. The molecule has 6 nitrogen and oxygen atoms in total. The van der Waals surface area contributed by atoms with E-state index in [1.54, 1.807) is 4.90 Å². The number of hydrogen-bond donors (Lipinski definition) is 1. The van der Waals surface area contributed by atoms with Crippen LogP contribution >= 0.6 is 0 Å². The van der Waals surface area contributed by atoms with Crippen LogP contribution in [-0.4, -0.2) is 53.0 Å². The van der Waals surface area contributed by atoms with E-state index < -0.39 is 11.9 Å². The van der Waals surface area contributed by atoms with Crippen LogP contribution in [0.3, 0.4) is 0 Å². The molecule has 1 aromatic rings. The Balaban J connectivity index is 1.72. The highest BCUT2D eigenvalue weighted by molar-refractivity contribution is 5.96. The van der Waals surface area contributed by atoms with E-state index in [0.29, 0.717) is 36.9 Å². The molecule has 1 N–H and O–H groups in total. The third kappa shape index (κ3) is 3.73. The van der Waals surface area contributed by atoms with Gasteiger partial charge < -0.3 is 14.4 Å². The molecule has 2 atom stereocenters. The number of likely N-dealkylation sites (tertiary alicyclic amines) is 1. The number of carbonyl (C=O) groups is 2. The number of carboxylic acid groups (broad SMARTS) is 1. The number of rotatable bonds is 7. The monoisotopic (exact) mass is 348 g/mol. The van der Waals surface area contributed by atoms with Crippen molar-refractivity contribution in [3.63, 3.8) is 0 Å². The van der Waals surface area contributed by atoms with Crippen LogP contribution in [0.2, 0.25) is 0 Å². The minimum Gasteiger partial charge on any atom is -0.481 e. The highest BCUT2D eigenvalue weighted by atomic mass is 16.4. The standard InChI is InChI=1S/C19H28N2O4/c1-4-20(5-2)9-14-8-15(12(3)25-14)18(22)21-10-16(13-6-7-13)17(11-21)19(23)24/h8,13,16-17H,4-7,9-11H2,1-3H3,(H,23,24)/t16-,17+/m1/s1. The summed E-state index contributed by atoms with van der Waals surface area (Å²) in [5.74, 6) is 0.677. The van der Waals surface area contributed by atoms with Gasteiger partial charge in [0.15, 0.2) is 0 Å². The molecule has 0 aromatic carbocycles. The van der Waals surface area contributed by atoms with E-state index in [1.165, 1.54) is 0 Å². The Hall–Kier alpha value is -1.82. The van der Waals surface area contributed by atoms with Crippen LogP contribution in [0, 0.1) is 24.7 Å². The molecule has 2 heterocycles. The molecule has 1 saturated carbocycles. The second kappa shape index (κ2) is 7.20. The Morgan fingerprint density at radius 3 is 2.52 bits per heavy atom. The number of carboxylic acids is 1. The van der Waals surface area contributed by atoms with Gasteiger partial charge in [0.25, 0.3) is 5.91 Å². The first kappa shape index (κ1) is 18.0. The number of amides is 1. The van der Waals surface area contributed by atoms with Crippen LogP contribution < -0.4 is 0 Å². The van der Waals surface area contributed by atoms with Gasteiger partial charge >= 0.3 is 5.97 Å². The summed E-state index contributed by atoms with van der Waals surface area (Å²) < 4.78 is 5.78. The summed E-state index contributed by atoms with van der Waals surface area (Å²) in [7, 11) is 0. The van der Waals surface area contributed by atoms with E-state index in [1.807, 2.05) is 13.0 Å². The summed E-state index contributed by atoms with van der Waals surface area (Å²) in [6.45, 7) is 9.40. The predicted molar refractivity (Wildman–Crippen MR) is 93.3 cm³/mol. The molecule has 138 valence electrons. The third-order valence-electron chi connectivity index (χ3n) is 5.67. The number of carbonyl (C=O) groups excluding carboxylic acids is 1. The summed E-state index contributed by atoms with van der Waals surface area (Å²) in [6, 6.07) is 1.83. The predicted octanol–water partition coefficient (Wildman–Crippen LogP) is 2.61. The Kier molecular flexibility index (Phi) is 5.18. The molecule has 2 fully saturated rings. The zero-order chi connectivity index (χ0) is 18.1. The van der Waals surface area contributed by atoms with Crippen LogP contribution in [0.1, 0.15) is 48.6 Å². The average molecular weight is 348 g/mol. The average Bonchev–Trinajstić information content (AvgIpc) is 3.22. The number of furan rings is 1. The van der Waals surface area contributed by atoms with Crippen LogP contribution in [0.5, 0.6) is 0 Å². The van der Waals surface area contributed by atoms with Crippen LogP contribution in [0.15, 0.2) is 10.5 Å². The van der Waals surface area contributed by atoms with E-state index >= 15 is 0 Å². The molecule has 0 unspecified atom stereocenters. The van der Waals surface area contributed by atoms with E-state index in [2.05, 4.69) is 18.7 Å². The lowest BCUT2D eigenvalue weighted by Gasteiger charge is -2.16. The lowest BCUT2D eigenvalue weighted by Crippen LogP contribution is -2.30.